The first-order chi connectivity index (χ1) is 14.1. The van der Waals surface area contributed by atoms with Gasteiger partial charge in [0.05, 0.1) is 16.6 Å². The molecule has 0 bridgehead atoms. The van der Waals surface area contributed by atoms with Gasteiger partial charge in [-0.3, -0.25) is 0 Å². The number of hydrogen-bond donors (Lipinski definition) is 1. The molecule has 1 aromatic heterocycles. The molecule has 3 aromatic carbocycles. The Hall–Kier alpha value is -3.73. The van der Waals surface area contributed by atoms with E-state index in [9.17, 15) is 9.90 Å². The minimum absolute atomic E-state index is 0.206. The highest BCUT2D eigenvalue weighted by atomic mass is 16.4. The van der Waals surface area contributed by atoms with Crippen molar-refractivity contribution in [2.45, 2.75) is 6.42 Å². The van der Waals surface area contributed by atoms with Crippen molar-refractivity contribution in [3.05, 3.63) is 90.0 Å². The van der Waals surface area contributed by atoms with Crippen molar-refractivity contribution in [1.29, 1.82) is 0 Å². The van der Waals surface area contributed by atoms with E-state index < -0.39 is 5.97 Å². The summed E-state index contributed by atoms with van der Waals surface area (Å²) in [4.78, 5) is 23.1. The molecule has 5 heteroatoms. The van der Waals surface area contributed by atoms with Gasteiger partial charge in [0.1, 0.15) is 5.69 Å². The van der Waals surface area contributed by atoms with E-state index in [1.807, 2.05) is 55.6 Å². The summed E-state index contributed by atoms with van der Waals surface area (Å²) in [5.41, 5.74) is 4.47. The molecule has 4 rings (SSSR count). The lowest BCUT2D eigenvalue weighted by molar-refractivity contribution is 0.0697. The summed E-state index contributed by atoms with van der Waals surface area (Å²) < 4.78 is 0. The third-order valence-electron chi connectivity index (χ3n) is 4.88. The lowest BCUT2D eigenvalue weighted by atomic mass is 10.1. The summed E-state index contributed by atoms with van der Waals surface area (Å²) in [6, 6.07) is 25.1. The van der Waals surface area contributed by atoms with E-state index in [1.165, 1.54) is 5.56 Å². The Labute approximate surface area is 169 Å². The number of aromatic nitrogens is 2. The molecule has 5 nitrogen and oxygen atoms in total. The average molecular weight is 383 g/mol. The average Bonchev–Trinajstić information content (AvgIpc) is 2.77. The van der Waals surface area contributed by atoms with Gasteiger partial charge < -0.3 is 10.0 Å². The lowest BCUT2D eigenvalue weighted by Gasteiger charge is -2.21. The van der Waals surface area contributed by atoms with Crippen LogP contribution in [0.3, 0.4) is 0 Å². The Balaban J connectivity index is 1.76. The summed E-state index contributed by atoms with van der Waals surface area (Å²) in [6.07, 6.45) is 0.875. The van der Waals surface area contributed by atoms with Crippen LogP contribution in [0.2, 0.25) is 0 Å². The number of carbonyl (C=O) groups is 1. The maximum absolute atomic E-state index is 11.4. The number of anilines is 1. The molecule has 0 amide bonds. The van der Waals surface area contributed by atoms with Crippen molar-refractivity contribution < 1.29 is 9.90 Å². The van der Waals surface area contributed by atoms with Gasteiger partial charge >= 0.3 is 5.97 Å². The van der Waals surface area contributed by atoms with E-state index in [1.54, 1.807) is 18.2 Å². The number of likely N-dealkylation sites (N-methyl/N-ethyl adjacent to an activating group) is 1. The number of carboxylic acids is 1. The highest BCUT2D eigenvalue weighted by Gasteiger charge is 2.16. The van der Waals surface area contributed by atoms with E-state index in [4.69, 9.17) is 9.97 Å². The molecule has 0 fully saturated rings. The molecule has 0 radical (unpaired) electrons. The fourth-order valence-electron chi connectivity index (χ4n) is 3.28. The molecule has 1 heterocycles. The molecule has 4 aromatic rings. The molecular formula is C24H21N3O2. The molecule has 1 N–H and O–H groups in total. The number of carboxylic acid groups (broad SMARTS) is 1. The van der Waals surface area contributed by atoms with Crippen LogP contribution < -0.4 is 4.90 Å². The van der Waals surface area contributed by atoms with Crippen molar-refractivity contribution in [2.75, 3.05) is 18.5 Å². The van der Waals surface area contributed by atoms with Crippen molar-refractivity contribution in [3.8, 4) is 11.3 Å². The molecule has 0 aliphatic heterocycles. The zero-order chi connectivity index (χ0) is 20.2. The predicted molar refractivity (Wildman–Crippen MR) is 115 cm³/mol. The van der Waals surface area contributed by atoms with Gasteiger partial charge in [-0.2, -0.15) is 0 Å². The predicted octanol–water partition coefficient (Wildman–Crippen LogP) is 4.67. The van der Waals surface area contributed by atoms with Crippen LogP contribution in [0, 0.1) is 0 Å². The molecule has 29 heavy (non-hydrogen) atoms. The second-order valence-corrected chi connectivity index (χ2v) is 6.93. The molecule has 0 unspecified atom stereocenters. The van der Waals surface area contributed by atoms with Gasteiger partial charge in [0, 0.05) is 19.2 Å². The number of aromatic carboxylic acids is 1. The van der Waals surface area contributed by atoms with Gasteiger partial charge in [-0.1, -0.05) is 60.7 Å². The molecule has 0 spiro atoms. The zero-order valence-corrected chi connectivity index (χ0v) is 16.1. The monoisotopic (exact) mass is 383 g/mol. The van der Waals surface area contributed by atoms with Gasteiger partial charge in [0.2, 0.25) is 0 Å². The number of fused-ring (bicyclic) bond motifs is 1. The van der Waals surface area contributed by atoms with Crippen LogP contribution in [0.4, 0.5) is 5.82 Å². The van der Waals surface area contributed by atoms with Crippen LogP contribution in [-0.4, -0.2) is 34.6 Å². The Bertz CT molecular complexity index is 1140. The SMILES string of the molecule is CN(CCc1ccccc1)c1nc2cc(C(=O)O)ccc2nc1-c1ccccc1. The molecule has 0 saturated heterocycles. The smallest absolute Gasteiger partial charge is 0.335 e. The zero-order valence-electron chi connectivity index (χ0n) is 16.1. The quantitative estimate of drug-likeness (QED) is 0.524. The first-order valence-corrected chi connectivity index (χ1v) is 9.47. The lowest BCUT2D eigenvalue weighted by Crippen LogP contribution is -2.22. The highest BCUT2D eigenvalue weighted by molar-refractivity contribution is 5.93. The molecule has 0 atom stereocenters. The summed E-state index contributed by atoms with van der Waals surface area (Å²) >= 11 is 0. The first kappa shape index (κ1) is 18.6. The van der Waals surface area contributed by atoms with E-state index >= 15 is 0 Å². The first-order valence-electron chi connectivity index (χ1n) is 9.47. The third-order valence-corrected chi connectivity index (χ3v) is 4.88. The van der Waals surface area contributed by atoms with Gasteiger partial charge in [-0.25, -0.2) is 14.8 Å². The van der Waals surface area contributed by atoms with E-state index in [2.05, 4.69) is 17.0 Å². The fourth-order valence-corrected chi connectivity index (χ4v) is 3.28. The number of rotatable bonds is 6. The highest BCUT2D eigenvalue weighted by Crippen LogP contribution is 2.29. The molecular weight excluding hydrogens is 362 g/mol. The Kier molecular flexibility index (Phi) is 5.20. The largest absolute Gasteiger partial charge is 0.478 e. The number of benzene rings is 3. The van der Waals surface area contributed by atoms with Gasteiger partial charge in [0.15, 0.2) is 5.82 Å². The third kappa shape index (κ3) is 4.09. The van der Waals surface area contributed by atoms with E-state index in [-0.39, 0.29) is 5.56 Å². The summed E-state index contributed by atoms with van der Waals surface area (Å²) in [6.45, 7) is 0.767. The number of nitrogens with zero attached hydrogens (tertiary/aromatic N) is 3. The molecule has 0 aliphatic carbocycles. The van der Waals surface area contributed by atoms with Gasteiger partial charge in [0.25, 0.3) is 0 Å². The minimum atomic E-state index is -0.972. The van der Waals surface area contributed by atoms with Crippen LogP contribution in [0.1, 0.15) is 15.9 Å². The number of hydrogen-bond acceptors (Lipinski definition) is 4. The van der Waals surface area contributed by atoms with Crippen molar-refractivity contribution in [3.63, 3.8) is 0 Å². The Morgan fingerprint density at radius 3 is 2.28 bits per heavy atom. The Morgan fingerprint density at radius 1 is 0.897 bits per heavy atom. The topological polar surface area (TPSA) is 66.3 Å². The van der Waals surface area contributed by atoms with Crippen LogP contribution in [-0.2, 0) is 6.42 Å². The van der Waals surface area contributed by atoms with Crippen LogP contribution in [0.5, 0.6) is 0 Å². The van der Waals surface area contributed by atoms with Crippen molar-refractivity contribution >= 4 is 22.8 Å². The summed E-state index contributed by atoms with van der Waals surface area (Å²) in [5, 5.41) is 9.31. The van der Waals surface area contributed by atoms with Crippen LogP contribution in [0.25, 0.3) is 22.3 Å². The standard InChI is InChI=1S/C24H21N3O2/c1-27(15-14-17-8-4-2-5-9-17)23-22(18-10-6-3-7-11-18)25-20-13-12-19(24(28)29)16-21(20)26-23/h2-13,16H,14-15H2,1H3,(H,28,29). The van der Waals surface area contributed by atoms with Crippen molar-refractivity contribution in [1.82, 2.24) is 9.97 Å². The maximum Gasteiger partial charge on any atom is 0.335 e. The molecule has 0 saturated carbocycles. The maximum atomic E-state index is 11.4. The second-order valence-electron chi connectivity index (χ2n) is 6.93. The van der Waals surface area contributed by atoms with Crippen LogP contribution in [0.15, 0.2) is 78.9 Å². The van der Waals surface area contributed by atoms with E-state index in [0.29, 0.717) is 11.0 Å². The summed E-state index contributed by atoms with van der Waals surface area (Å²) in [5.74, 6) is -0.234. The van der Waals surface area contributed by atoms with E-state index in [0.717, 1.165) is 30.0 Å². The molecule has 144 valence electrons. The van der Waals surface area contributed by atoms with Crippen LogP contribution >= 0.6 is 0 Å². The van der Waals surface area contributed by atoms with Gasteiger partial charge in [-0.05, 0) is 30.2 Å². The molecule has 0 aliphatic rings. The van der Waals surface area contributed by atoms with Gasteiger partial charge in [-0.15, -0.1) is 0 Å². The second kappa shape index (κ2) is 8.10. The minimum Gasteiger partial charge on any atom is -0.478 e. The summed E-state index contributed by atoms with van der Waals surface area (Å²) in [7, 11) is 1.99. The fraction of sp³-hybridized carbons (Fsp3) is 0.125. The van der Waals surface area contributed by atoms with Crippen molar-refractivity contribution in [2.24, 2.45) is 0 Å². The Morgan fingerprint density at radius 2 is 1.59 bits per heavy atom. The normalized spacial score (nSPS) is 10.8.